The van der Waals surface area contributed by atoms with Crippen molar-refractivity contribution in [2.75, 3.05) is 5.32 Å². The van der Waals surface area contributed by atoms with Gasteiger partial charge in [0.05, 0.1) is 24.4 Å². The molecule has 18 heavy (non-hydrogen) atoms. The van der Waals surface area contributed by atoms with Crippen LogP contribution >= 0.6 is 0 Å². The molecule has 0 bridgehead atoms. The van der Waals surface area contributed by atoms with E-state index in [1.165, 1.54) is 0 Å². The first kappa shape index (κ1) is 10.6. The fraction of sp³-hybridized carbons (Fsp3) is 0.0769. The minimum Gasteiger partial charge on any atom is -0.472 e. The van der Waals surface area contributed by atoms with Gasteiger partial charge >= 0.3 is 0 Å². The van der Waals surface area contributed by atoms with Gasteiger partial charge in [0.25, 0.3) is 0 Å². The molecule has 0 aliphatic carbocycles. The Morgan fingerprint density at radius 1 is 1.28 bits per heavy atom. The van der Waals surface area contributed by atoms with Crippen LogP contribution in [0, 0.1) is 0 Å². The van der Waals surface area contributed by atoms with Gasteiger partial charge in [-0.3, -0.25) is 0 Å². The minimum absolute atomic E-state index is 0.722. The van der Waals surface area contributed by atoms with Crippen molar-refractivity contribution in [2.24, 2.45) is 0 Å². The molecular weight excluding hydrogens is 228 g/mol. The summed E-state index contributed by atoms with van der Waals surface area (Å²) >= 11 is 0. The molecule has 0 saturated carbocycles. The van der Waals surface area contributed by atoms with Gasteiger partial charge in [-0.2, -0.15) is 5.10 Å². The van der Waals surface area contributed by atoms with Crippen LogP contribution in [-0.2, 0) is 6.54 Å². The Morgan fingerprint density at radius 2 is 2.28 bits per heavy atom. The summed E-state index contributed by atoms with van der Waals surface area (Å²) in [4.78, 5) is 4.34. The second kappa shape index (κ2) is 4.75. The van der Waals surface area contributed by atoms with Gasteiger partial charge in [0, 0.05) is 24.5 Å². The molecule has 3 rings (SSSR count). The molecule has 0 amide bonds. The van der Waals surface area contributed by atoms with Gasteiger partial charge in [0.1, 0.15) is 0 Å². The number of nitrogens with zero attached hydrogens (tertiary/aromatic N) is 3. The average molecular weight is 240 g/mol. The van der Waals surface area contributed by atoms with E-state index in [0.29, 0.717) is 0 Å². The summed E-state index contributed by atoms with van der Waals surface area (Å²) in [6.45, 7) is 0.722. The van der Waals surface area contributed by atoms with Crippen molar-refractivity contribution < 1.29 is 4.42 Å². The number of furan rings is 1. The summed E-state index contributed by atoms with van der Waals surface area (Å²) in [5.41, 5.74) is 2.07. The Balaban J connectivity index is 1.68. The Morgan fingerprint density at radius 3 is 2.94 bits per heavy atom. The van der Waals surface area contributed by atoms with Crippen molar-refractivity contribution in [3.63, 3.8) is 0 Å². The quantitative estimate of drug-likeness (QED) is 0.761. The highest BCUT2D eigenvalue weighted by molar-refractivity contribution is 5.43. The SMILES string of the molecule is c1cnn(-c2ccc(NCc3ccoc3)cn2)c1. The number of pyridine rings is 1. The molecule has 0 aliphatic heterocycles. The number of aromatic nitrogens is 3. The predicted molar refractivity (Wildman–Crippen MR) is 67.4 cm³/mol. The van der Waals surface area contributed by atoms with E-state index in [9.17, 15) is 0 Å². The van der Waals surface area contributed by atoms with Gasteiger partial charge in [-0.1, -0.05) is 0 Å². The normalized spacial score (nSPS) is 10.4. The van der Waals surface area contributed by atoms with Crippen LogP contribution in [0.1, 0.15) is 5.56 Å². The van der Waals surface area contributed by atoms with Crippen LogP contribution in [0.2, 0.25) is 0 Å². The molecule has 3 aromatic rings. The second-order valence-electron chi connectivity index (χ2n) is 3.84. The van der Waals surface area contributed by atoms with Gasteiger partial charge in [0.2, 0.25) is 0 Å². The Bertz CT molecular complexity index is 584. The van der Waals surface area contributed by atoms with Crippen LogP contribution in [0.3, 0.4) is 0 Å². The van der Waals surface area contributed by atoms with E-state index >= 15 is 0 Å². The Labute approximate surface area is 104 Å². The first-order chi connectivity index (χ1) is 8.92. The molecule has 3 heterocycles. The zero-order chi connectivity index (χ0) is 12.2. The zero-order valence-electron chi connectivity index (χ0n) is 9.65. The molecule has 0 saturated heterocycles. The highest BCUT2D eigenvalue weighted by atomic mass is 16.3. The summed E-state index contributed by atoms with van der Waals surface area (Å²) in [6.07, 6.45) is 8.76. The lowest BCUT2D eigenvalue weighted by Gasteiger charge is -2.05. The van der Waals surface area contributed by atoms with Crippen LogP contribution in [0.4, 0.5) is 5.69 Å². The highest BCUT2D eigenvalue weighted by Crippen LogP contribution is 2.10. The van der Waals surface area contributed by atoms with E-state index in [2.05, 4.69) is 15.4 Å². The van der Waals surface area contributed by atoms with Crippen LogP contribution in [0.15, 0.2) is 59.8 Å². The summed E-state index contributed by atoms with van der Waals surface area (Å²) in [5, 5.41) is 7.39. The standard InChI is InChI=1S/C13H12N4O/c1-5-16-17(6-1)13-3-2-12(9-15-13)14-8-11-4-7-18-10-11/h1-7,9-10,14H,8H2. The lowest BCUT2D eigenvalue weighted by molar-refractivity contribution is 0.564. The van der Waals surface area contributed by atoms with E-state index in [4.69, 9.17) is 4.42 Å². The number of hydrogen-bond donors (Lipinski definition) is 1. The number of hydrogen-bond acceptors (Lipinski definition) is 4. The van der Waals surface area contributed by atoms with Gasteiger partial charge in [-0.25, -0.2) is 9.67 Å². The van der Waals surface area contributed by atoms with Gasteiger partial charge in [-0.15, -0.1) is 0 Å². The van der Waals surface area contributed by atoms with Gasteiger partial charge < -0.3 is 9.73 Å². The van der Waals surface area contributed by atoms with Gasteiger partial charge in [-0.05, 0) is 24.3 Å². The fourth-order valence-corrected chi connectivity index (χ4v) is 1.63. The third kappa shape index (κ3) is 2.24. The highest BCUT2D eigenvalue weighted by Gasteiger charge is 1.99. The molecule has 5 heteroatoms. The van der Waals surface area contributed by atoms with Crippen molar-refractivity contribution in [1.29, 1.82) is 0 Å². The van der Waals surface area contributed by atoms with Crippen molar-refractivity contribution in [3.05, 3.63) is 60.9 Å². The largest absolute Gasteiger partial charge is 0.472 e. The molecule has 3 aromatic heterocycles. The predicted octanol–water partition coefficient (Wildman–Crippen LogP) is 2.47. The van der Waals surface area contributed by atoms with E-state index in [1.807, 2.05) is 30.5 Å². The number of nitrogens with one attached hydrogen (secondary N) is 1. The van der Waals surface area contributed by atoms with Crippen LogP contribution in [0.5, 0.6) is 0 Å². The number of anilines is 1. The monoisotopic (exact) mass is 240 g/mol. The van der Waals surface area contributed by atoms with Crippen LogP contribution in [-0.4, -0.2) is 14.8 Å². The molecule has 0 unspecified atom stereocenters. The van der Waals surface area contributed by atoms with E-state index in [-0.39, 0.29) is 0 Å². The van der Waals surface area contributed by atoms with Crippen molar-refractivity contribution >= 4 is 5.69 Å². The minimum atomic E-state index is 0.722. The molecule has 0 spiro atoms. The fourth-order valence-electron chi connectivity index (χ4n) is 1.63. The van der Waals surface area contributed by atoms with E-state index in [1.54, 1.807) is 29.6 Å². The lowest BCUT2D eigenvalue weighted by Crippen LogP contribution is -2.01. The average Bonchev–Trinajstić information content (AvgIpc) is 3.10. The lowest BCUT2D eigenvalue weighted by atomic mass is 10.3. The topological polar surface area (TPSA) is 55.9 Å². The molecule has 0 aromatic carbocycles. The molecule has 5 nitrogen and oxygen atoms in total. The maximum absolute atomic E-state index is 5.00. The molecule has 0 atom stereocenters. The van der Waals surface area contributed by atoms with Crippen LogP contribution in [0.25, 0.3) is 5.82 Å². The summed E-state index contributed by atoms with van der Waals surface area (Å²) in [5.74, 6) is 0.800. The number of rotatable bonds is 4. The molecule has 0 aliphatic rings. The third-order valence-electron chi connectivity index (χ3n) is 2.56. The van der Waals surface area contributed by atoms with Crippen molar-refractivity contribution in [2.45, 2.75) is 6.54 Å². The Kier molecular flexibility index (Phi) is 2.79. The van der Waals surface area contributed by atoms with Crippen molar-refractivity contribution in [3.8, 4) is 5.82 Å². The smallest absolute Gasteiger partial charge is 0.153 e. The van der Waals surface area contributed by atoms with E-state index in [0.717, 1.165) is 23.6 Å². The third-order valence-corrected chi connectivity index (χ3v) is 2.56. The zero-order valence-corrected chi connectivity index (χ0v) is 9.65. The molecule has 90 valence electrons. The van der Waals surface area contributed by atoms with Crippen molar-refractivity contribution in [1.82, 2.24) is 14.8 Å². The second-order valence-corrected chi connectivity index (χ2v) is 3.84. The van der Waals surface area contributed by atoms with Crippen LogP contribution < -0.4 is 5.32 Å². The molecule has 1 N–H and O–H groups in total. The summed E-state index contributed by atoms with van der Waals surface area (Å²) in [6, 6.07) is 7.69. The van der Waals surface area contributed by atoms with E-state index < -0.39 is 0 Å². The Hall–Kier alpha value is -2.56. The molecule has 0 radical (unpaired) electrons. The molecular formula is C13H12N4O. The first-order valence-corrected chi connectivity index (χ1v) is 5.63. The summed E-state index contributed by atoms with van der Waals surface area (Å²) < 4.78 is 6.73. The first-order valence-electron chi connectivity index (χ1n) is 5.63. The maximum Gasteiger partial charge on any atom is 0.153 e. The van der Waals surface area contributed by atoms with Gasteiger partial charge in [0.15, 0.2) is 5.82 Å². The maximum atomic E-state index is 5.00. The molecule has 0 fully saturated rings. The summed E-state index contributed by atoms with van der Waals surface area (Å²) in [7, 11) is 0.